The van der Waals surface area contributed by atoms with Crippen LogP contribution < -0.4 is 4.31 Å². The van der Waals surface area contributed by atoms with Gasteiger partial charge in [-0.15, -0.1) is 11.3 Å². The van der Waals surface area contributed by atoms with E-state index in [0.717, 1.165) is 10.4 Å². The maximum Gasteiger partial charge on any atom is 0.268 e. The van der Waals surface area contributed by atoms with Gasteiger partial charge in [-0.25, -0.2) is 12.7 Å². The Morgan fingerprint density at radius 1 is 1.04 bits per heavy atom. The Hall–Kier alpha value is -2.41. The molecule has 3 aromatic rings. The monoisotopic (exact) mass is 383 g/mol. The zero-order chi connectivity index (χ0) is 18.3. The van der Waals surface area contributed by atoms with Gasteiger partial charge in [0.15, 0.2) is 0 Å². The molecule has 0 amide bonds. The van der Waals surface area contributed by atoms with E-state index in [2.05, 4.69) is 0 Å². The van der Waals surface area contributed by atoms with Crippen molar-refractivity contribution in [2.75, 3.05) is 4.31 Å². The Morgan fingerprint density at radius 2 is 1.77 bits per heavy atom. The van der Waals surface area contributed by atoms with Gasteiger partial charge in [-0.05, 0) is 42.6 Å². The van der Waals surface area contributed by atoms with E-state index >= 15 is 0 Å². The molecule has 0 radical (unpaired) electrons. The summed E-state index contributed by atoms with van der Waals surface area (Å²) in [5.41, 5.74) is 2.41. The number of aliphatic hydroxyl groups excluding tert-OH is 1. The third kappa shape index (κ3) is 2.76. The molecule has 1 atom stereocenters. The number of aliphatic hydroxyl groups is 1. The van der Waals surface area contributed by atoms with Crippen molar-refractivity contribution in [3.8, 4) is 0 Å². The van der Waals surface area contributed by atoms with Crippen LogP contribution in [0.1, 0.15) is 22.1 Å². The number of rotatable bonds is 3. The van der Waals surface area contributed by atoms with Gasteiger partial charge < -0.3 is 5.11 Å². The Bertz CT molecular complexity index is 1070. The van der Waals surface area contributed by atoms with Crippen molar-refractivity contribution in [2.45, 2.75) is 17.9 Å². The summed E-state index contributed by atoms with van der Waals surface area (Å²) in [6.45, 7) is 1.91. The lowest BCUT2D eigenvalue weighted by Gasteiger charge is -2.22. The van der Waals surface area contributed by atoms with Gasteiger partial charge in [-0.3, -0.25) is 0 Å². The van der Waals surface area contributed by atoms with Crippen molar-refractivity contribution in [2.24, 2.45) is 0 Å². The molecule has 0 bridgehead atoms. The Labute approximate surface area is 156 Å². The molecular formula is C20H17NO3S2. The average molecular weight is 383 g/mol. The lowest BCUT2D eigenvalue weighted by atomic mass is 10.1. The molecule has 1 aliphatic heterocycles. The second kappa shape index (κ2) is 6.39. The molecule has 4 nitrogen and oxygen atoms in total. The van der Waals surface area contributed by atoms with Crippen LogP contribution in [0.2, 0.25) is 0 Å². The molecular weight excluding hydrogens is 366 g/mol. The minimum absolute atomic E-state index is 0.198. The fraction of sp³-hybridized carbons (Fsp3) is 0.100. The molecule has 2 aromatic carbocycles. The van der Waals surface area contributed by atoms with Gasteiger partial charge in [0.2, 0.25) is 0 Å². The molecule has 0 aliphatic carbocycles. The van der Waals surface area contributed by atoms with E-state index in [-0.39, 0.29) is 4.90 Å². The fourth-order valence-electron chi connectivity index (χ4n) is 3.05. The summed E-state index contributed by atoms with van der Waals surface area (Å²) in [6.07, 6.45) is 0.745. The molecule has 0 spiro atoms. The van der Waals surface area contributed by atoms with E-state index in [1.165, 1.54) is 15.6 Å². The first-order chi connectivity index (χ1) is 12.5. The highest BCUT2D eigenvalue weighted by atomic mass is 32.2. The number of aryl methyl sites for hydroxylation is 1. The summed E-state index contributed by atoms with van der Waals surface area (Å²) in [7, 11) is -3.84. The molecule has 4 rings (SSSR count). The smallest absolute Gasteiger partial charge is 0.268 e. The molecule has 1 aromatic heterocycles. The topological polar surface area (TPSA) is 57.6 Å². The predicted octanol–water partition coefficient (Wildman–Crippen LogP) is 4.34. The number of thiophene rings is 1. The van der Waals surface area contributed by atoms with Crippen LogP contribution in [-0.2, 0) is 10.0 Å². The SMILES string of the molecule is Cc1ccc(S(=O)(=O)N2/C(=C/c3cccs3)C(O)c3ccccc32)cc1. The van der Waals surface area contributed by atoms with E-state index < -0.39 is 16.1 Å². The van der Waals surface area contributed by atoms with E-state index in [0.29, 0.717) is 16.9 Å². The summed E-state index contributed by atoms with van der Waals surface area (Å²) in [5, 5.41) is 12.7. The maximum absolute atomic E-state index is 13.4. The second-order valence-corrected chi connectivity index (χ2v) is 8.89. The summed E-state index contributed by atoms with van der Waals surface area (Å²) in [6, 6.07) is 17.6. The lowest BCUT2D eigenvalue weighted by molar-refractivity contribution is 0.223. The van der Waals surface area contributed by atoms with E-state index in [1.54, 1.807) is 54.6 Å². The van der Waals surface area contributed by atoms with Crippen LogP contribution in [0.15, 0.2) is 76.6 Å². The van der Waals surface area contributed by atoms with Crippen LogP contribution in [-0.4, -0.2) is 13.5 Å². The molecule has 1 aliphatic rings. The average Bonchev–Trinajstić information content (AvgIpc) is 3.23. The number of nitrogens with zero attached hydrogens (tertiary/aromatic N) is 1. The number of para-hydroxylation sites is 1. The summed E-state index contributed by atoms with van der Waals surface area (Å²) < 4.78 is 28.0. The quantitative estimate of drug-likeness (QED) is 0.732. The lowest BCUT2D eigenvalue weighted by Crippen LogP contribution is -2.28. The normalized spacial score (nSPS) is 18.3. The minimum atomic E-state index is -3.84. The van der Waals surface area contributed by atoms with Crippen molar-refractivity contribution in [1.82, 2.24) is 0 Å². The van der Waals surface area contributed by atoms with Crippen molar-refractivity contribution >= 4 is 33.1 Å². The maximum atomic E-state index is 13.4. The molecule has 1 unspecified atom stereocenters. The molecule has 0 saturated carbocycles. The van der Waals surface area contributed by atoms with Gasteiger partial charge >= 0.3 is 0 Å². The van der Waals surface area contributed by atoms with Gasteiger partial charge in [0.05, 0.1) is 16.3 Å². The zero-order valence-electron chi connectivity index (χ0n) is 14.0. The summed E-state index contributed by atoms with van der Waals surface area (Å²) in [5.74, 6) is 0. The Balaban J connectivity index is 1.91. The van der Waals surface area contributed by atoms with Crippen LogP contribution in [0.5, 0.6) is 0 Å². The van der Waals surface area contributed by atoms with Crippen molar-refractivity contribution in [3.63, 3.8) is 0 Å². The Morgan fingerprint density at radius 3 is 2.46 bits per heavy atom. The van der Waals surface area contributed by atoms with Crippen LogP contribution >= 0.6 is 11.3 Å². The van der Waals surface area contributed by atoms with Crippen LogP contribution in [0, 0.1) is 6.92 Å². The first-order valence-electron chi connectivity index (χ1n) is 8.12. The molecule has 0 fully saturated rings. The van der Waals surface area contributed by atoms with Gasteiger partial charge in [-0.2, -0.15) is 0 Å². The third-order valence-corrected chi connectivity index (χ3v) is 6.93. The van der Waals surface area contributed by atoms with Gasteiger partial charge in [0.1, 0.15) is 6.10 Å². The largest absolute Gasteiger partial charge is 0.382 e. The molecule has 26 heavy (non-hydrogen) atoms. The van der Waals surface area contributed by atoms with Gasteiger partial charge in [0.25, 0.3) is 10.0 Å². The fourth-order valence-corrected chi connectivity index (χ4v) is 5.26. The molecule has 0 saturated heterocycles. The standard InChI is InChI=1S/C20H17NO3S2/c1-14-8-10-16(11-9-14)26(23,24)21-18-7-3-2-6-17(18)20(22)19(21)13-15-5-4-12-25-15/h2-13,20,22H,1H3/b19-13+. The Kier molecular flexibility index (Phi) is 4.19. The highest BCUT2D eigenvalue weighted by Crippen LogP contribution is 2.45. The molecule has 132 valence electrons. The minimum Gasteiger partial charge on any atom is -0.382 e. The van der Waals surface area contributed by atoms with Gasteiger partial charge in [0, 0.05) is 10.4 Å². The van der Waals surface area contributed by atoms with Crippen LogP contribution in [0.25, 0.3) is 6.08 Å². The zero-order valence-corrected chi connectivity index (χ0v) is 15.7. The van der Waals surface area contributed by atoms with Crippen molar-refractivity contribution in [1.29, 1.82) is 0 Å². The van der Waals surface area contributed by atoms with Crippen LogP contribution in [0.4, 0.5) is 5.69 Å². The number of fused-ring (bicyclic) bond motifs is 1. The third-order valence-electron chi connectivity index (χ3n) is 4.36. The highest BCUT2D eigenvalue weighted by Gasteiger charge is 2.40. The van der Waals surface area contributed by atoms with Crippen LogP contribution in [0.3, 0.4) is 0 Å². The predicted molar refractivity (Wildman–Crippen MR) is 105 cm³/mol. The summed E-state index contributed by atoms with van der Waals surface area (Å²) in [4.78, 5) is 1.08. The van der Waals surface area contributed by atoms with E-state index in [1.807, 2.05) is 24.4 Å². The highest BCUT2D eigenvalue weighted by molar-refractivity contribution is 7.93. The molecule has 6 heteroatoms. The number of hydrogen-bond donors (Lipinski definition) is 1. The first-order valence-corrected chi connectivity index (χ1v) is 10.4. The second-order valence-electron chi connectivity index (χ2n) is 6.13. The van der Waals surface area contributed by atoms with Gasteiger partial charge in [-0.1, -0.05) is 42.0 Å². The first kappa shape index (κ1) is 17.0. The number of benzene rings is 2. The molecule has 1 N–H and O–H groups in total. The van der Waals surface area contributed by atoms with E-state index in [9.17, 15) is 13.5 Å². The number of sulfonamides is 1. The number of anilines is 1. The van der Waals surface area contributed by atoms with Crippen molar-refractivity contribution < 1.29 is 13.5 Å². The number of hydrogen-bond acceptors (Lipinski definition) is 4. The van der Waals surface area contributed by atoms with Crippen molar-refractivity contribution in [3.05, 3.63) is 87.7 Å². The molecule has 2 heterocycles. The van der Waals surface area contributed by atoms with E-state index in [4.69, 9.17) is 0 Å². The summed E-state index contributed by atoms with van der Waals surface area (Å²) >= 11 is 1.49.